The molecule has 0 radical (unpaired) electrons. The van der Waals surface area contributed by atoms with Crippen LogP contribution >= 0.6 is 0 Å². The lowest BCUT2D eigenvalue weighted by molar-refractivity contribution is -0.204. The van der Waals surface area contributed by atoms with Gasteiger partial charge in [-0.05, 0) is 61.5 Å². The van der Waals surface area contributed by atoms with Crippen molar-refractivity contribution in [2.75, 3.05) is 30.9 Å². The number of ether oxygens (including phenoxy) is 3. The summed E-state index contributed by atoms with van der Waals surface area (Å²) in [6.07, 6.45) is -5.40. The standard InChI is InChI=1S/C24H24F3N5O7S/c1-4-39-22(34)23(24(25,26)27,29-21(33)15-5-9-17(37-2)10-6-15)28-16-7-11-18(12-8-16)40(35,36)32-19-13-14-20(38-3)31-30-19/h5-14,28H,4H2,1-3H3,(H,29,33)(H,30,32)/t23-/m1/s1. The van der Waals surface area contributed by atoms with E-state index in [-0.39, 0.29) is 27.8 Å². The van der Waals surface area contributed by atoms with Gasteiger partial charge in [0.25, 0.3) is 15.9 Å². The second-order valence-corrected chi connectivity index (χ2v) is 9.55. The maximum atomic E-state index is 14.5. The van der Waals surface area contributed by atoms with E-state index in [2.05, 4.69) is 19.7 Å². The number of halogens is 3. The molecule has 3 rings (SSSR count). The Morgan fingerprint density at radius 2 is 1.55 bits per heavy atom. The summed E-state index contributed by atoms with van der Waals surface area (Å²) in [4.78, 5) is 25.1. The number of benzene rings is 2. The summed E-state index contributed by atoms with van der Waals surface area (Å²) in [5.41, 5.74) is -4.28. The van der Waals surface area contributed by atoms with E-state index in [1.165, 1.54) is 57.5 Å². The number of sulfonamides is 1. The number of amides is 1. The Morgan fingerprint density at radius 3 is 2.05 bits per heavy atom. The quantitative estimate of drug-likeness (QED) is 0.226. The van der Waals surface area contributed by atoms with E-state index < -0.39 is 40.3 Å². The Morgan fingerprint density at radius 1 is 0.900 bits per heavy atom. The molecule has 214 valence electrons. The van der Waals surface area contributed by atoms with Crippen LogP contribution in [0.2, 0.25) is 0 Å². The fourth-order valence-electron chi connectivity index (χ4n) is 3.23. The third-order valence-corrected chi connectivity index (χ3v) is 6.62. The zero-order valence-electron chi connectivity index (χ0n) is 21.3. The van der Waals surface area contributed by atoms with Gasteiger partial charge in [-0.1, -0.05) is 0 Å². The molecule has 12 nitrogen and oxygen atoms in total. The number of carbonyl (C=O) groups excluding carboxylic acids is 2. The zero-order chi connectivity index (χ0) is 29.6. The number of carbonyl (C=O) groups is 2. The zero-order valence-corrected chi connectivity index (χ0v) is 22.1. The molecule has 0 unspecified atom stereocenters. The Kier molecular flexibility index (Phi) is 9.03. The lowest BCUT2D eigenvalue weighted by atomic mass is 10.1. The van der Waals surface area contributed by atoms with Gasteiger partial charge in [-0.2, -0.15) is 13.2 Å². The average molecular weight is 584 g/mol. The number of nitrogens with zero attached hydrogens (tertiary/aromatic N) is 2. The average Bonchev–Trinajstić information content (AvgIpc) is 2.92. The van der Waals surface area contributed by atoms with Crippen LogP contribution in [0.15, 0.2) is 65.6 Å². The number of hydrogen-bond acceptors (Lipinski definition) is 10. The van der Waals surface area contributed by atoms with Crippen LogP contribution in [0, 0.1) is 0 Å². The van der Waals surface area contributed by atoms with Crippen molar-refractivity contribution in [3.8, 4) is 11.6 Å². The third-order valence-electron chi connectivity index (χ3n) is 5.24. The highest BCUT2D eigenvalue weighted by atomic mass is 32.2. The largest absolute Gasteiger partial charge is 0.497 e. The molecule has 1 aromatic heterocycles. The molecular formula is C24H24F3N5O7S. The molecule has 0 aliphatic heterocycles. The SMILES string of the molecule is CCOC(=O)[C@](NC(=O)c1ccc(OC)cc1)(Nc1ccc(S(=O)(=O)Nc2ccc(OC)nn2)cc1)C(F)(F)F. The van der Waals surface area contributed by atoms with E-state index in [1.54, 1.807) is 5.32 Å². The van der Waals surface area contributed by atoms with Gasteiger partial charge in [0.1, 0.15) is 5.75 Å². The molecule has 16 heteroatoms. The van der Waals surface area contributed by atoms with Crippen LogP contribution in [0.5, 0.6) is 11.6 Å². The molecule has 0 saturated carbocycles. The van der Waals surface area contributed by atoms with Gasteiger partial charge in [0.2, 0.25) is 5.88 Å². The Labute approximate surface area is 226 Å². The molecule has 1 amide bonds. The van der Waals surface area contributed by atoms with E-state index in [9.17, 15) is 31.2 Å². The van der Waals surface area contributed by atoms with Gasteiger partial charge in [0.05, 0.1) is 25.7 Å². The van der Waals surface area contributed by atoms with Crippen molar-refractivity contribution in [1.82, 2.24) is 15.5 Å². The first-order valence-corrected chi connectivity index (χ1v) is 12.8. The number of nitrogens with one attached hydrogen (secondary N) is 3. The minimum Gasteiger partial charge on any atom is -0.497 e. The molecule has 3 aromatic rings. The Hall–Kier alpha value is -4.60. The van der Waals surface area contributed by atoms with Gasteiger partial charge >= 0.3 is 17.8 Å². The van der Waals surface area contributed by atoms with Crippen LogP contribution in [0.3, 0.4) is 0 Å². The fraction of sp³-hybridized carbons (Fsp3) is 0.250. The van der Waals surface area contributed by atoms with Gasteiger partial charge in [-0.25, -0.2) is 13.2 Å². The summed E-state index contributed by atoms with van der Waals surface area (Å²) >= 11 is 0. The van der Waals surface area contributed by atoms with Gasteiger partial charge in [0.15, 0.2) is 5.82 Å². The lowest BCUT2D eigenvalue weighted by Crippen LogP contribution is -2.69. The molecule has 1 heterocycles. The van der Waals surface area contributed by atoms with Gasteiger partial charge in [-0.3, -0.25) is 9.52 Å². The molecule has 0 fully saturated rings. The summed E-state index contributed by atoms with van der Waals surface area (Å²) < 4.78 is 85.5. The number of alkyl halides is 3. The van der Waals surface area contributed by atoms with Crippen molar-refractivity contribution in [3.05, 3.63) is 66.2 Å². The van der Waals surface area contributed by atoms with Gasteiger partial charge in [0, 0.05) is 17.3 Å². The van der Waals surface area contributed by atoms with Crippen LogP contribution in [-0.4, -0.2) is 63.2 Å². The predicted octanol–water partition coefficient (Wildman–Crippen LogP) is 2.96. The summed E-state index contributed by atoms with van der Waals surface area (Å²) in [6, 6.07) is 11.7. The molecule has 0 saturated heterocycles. The van der Waals surface area contributed by atoms with E-state index in [0.717, 1.165) is 24.3 Å². The summed E-state index contributed by atoms with van der Waals surface area (Å²) in [7, 11) is -1.50. The van der Waals surface area contributed by atoms with Crippen molar-refractivity contribution >= 4 is 33.4 Å². The number of esters is 1. The molecule has 1 atom stereocenters. The van der Waals surface area contributed by atoms with Crippen molar-refractivity contribution in [2.45, 2.75) is 23.7 Å². The molecule has 0 spiro atoms. The van der Waals surface area contributed by atoms with Crippen molar-refractivity contribution in [1.29, 1.82) is 0 Å². The molecule has 0 aliphatic rings. The second-order valence-electron chi connectivity index (χ2n) is 7.87. The second kappa shape index (κ2) is 12.1. The maximum absolute atomic E-state index is 14.5. The molecule has 3 N–H and O–H groups in total. The topological polar surface area (TPSA) is 158 Å². The van der Waals surface area contributed by atoms with E-state index in [4.69, 9.17) is 9.47 Å². The van der Waals surface area contributed by atoms with Crippen molar-refractivity contribution in [2.24, 2.45) is 0 Å². The van der Waals surface area contributed by atoms with E-state index in [1.807, 2.05) is 5.32 Å². The fourth-order valence-corrected chi connectivity index (χ4v) is 4.23. The third kappa shape index (κ3) is 6.69. The van der Waals surface area contributed by atoms with Crippen LogP contribution in [0.25, 0.3) is 0 Å². The molecular weight excluding hydrogens is 559 g/mol. The molecule has 40 heavy (non-hydrogen) atoms. The highest BCUT2D eigenvalue weighted by molar-refractivity contribution is 7.92. The number of hydrogen-bond donors (Lipinski definition) is 3. The van der Waals surface area contributed by atoms with Gasteiger partial charge in [-0.15, -0.1) is 10.2 Å². The van der Waals surface area contributed by atoms with Crippen molar-refractivity contribution in [3.63, 3.8) is 0 Å². The van der Waals surface area contributed by atoms with Crippen LogP contribution in [-0.2, 0) is 19.6 Å². The predicted molar refractivity (Wildman–Crippen MR) is 135 cm³/mol. The first-order chi connectivity index (χ1) is 18.8. The van der Waals surface area contributed by atoms with Gasteiger partial charge < -0.3 is 24.8 Å². The van der Waals surface area contributed by atoms with E-state index >= 15 is 0 Å². The number of aromatic nitrogens is 2. The minimum absolute atomic E-state index is 0.136. The maximum Gasteiger partial charge on any atom is 0.441 e. The Balaban J connectivity index is 1.91. The highest BCUT2D eigenvalue weighted by Crippen LogP contribution is 2.34. The lowest BCUT2D eigenvalue weighted by Gasteiger charge is -2.35. The van der Waals surface area contributed by atoms with Crippen molar-refractivity contribution < 1.29 is 45.4 Å². The first kappa shape index (κ1) is 29.9. The number of rotatable bonds is 11. The monoisotopic (exact) mass is 583 g/mol. The van der Waals surface area contributed by atoms with Crippen LogP contribution in [0.4, 0.5) is 24.7 Å². The highest BCUT2D eigenvalue weighted by Gasteiger charge is 2.63. The molecule has 0 bridgehead atoms. The van der Waals surface area contributed by atoms with Crippen LogP contribution in [0.1, 0.15) is 17.3 Å². The minimum atomic E-state index is -5.40. The van der Waals surface area contributed by atoms with Crippen LogP contribution < -0.4 is 24.8 Å². The number of anilines is 2. The summed E-state index contributed by atoms with van der Waals surface area (Å²) in [6.45, 7) is 0.873. The summed E-state index contributed by atoms with van der Waals surface area (Å²) in [5, 5.41) is 11.0. The Bertz CT molecular complexity index is 1440. The number of methoxy groups -OCH3 is 2. The van der Waals surface area contributed by atoms with E-state index in [0.29, 0.717) is 5.75 Å². The molecule has 0 aliphatic carbocycles. The first-order valence-electron chi connectivity index (χ1n) is 11.3. The molecule has 2 aromatic carbocycles. The smallest absolute Gasteiger partial charge is 0.441 e. The summed E-state index contributed by atoms with van der Waals surface area (Å²) in [5.74, 6) is -2.72. The normalized spacial score (nSPS) is 12.9.